The van der Waals surface area contributed by atoms with Crippen molar-refractivity contribution in [1.82, 2.24) is 0 Å². The van der Waals surface area contributed by atoms with Gasteiger partial charge in [-0.2, -0.15) is 0 Å². The van der Waals surface area contributed by atoms with Gasteiger partial charge in [-0.05, 0) is 61.9 Å². The van der Waals surface area contributed by atoms with Gasteiger partial charge in [0.05, 0.1) is 11.2 Å². The van der Waals surface area contributed by atoms with Gasteiger partial charge in [-0.25, -0.2) is 4.39 Å². The average Bonchev–Trinajstić information content (AvgIpc) is 2.74. The summed E-state index contributed by atoms with van der Waals surface area (Å²) < 4.78 is 27.6. The van der Waals surface area contributed by atoms with Crippen molar-refractivity contribution in [3.05, 3.63) is 76.5 Å². The zero-order valence-corrected chi connectivity index (χ0v) is 15.8. The molecule has 0 atom stereocenters. The maximum Gasteiger partial charge on any atom is 0.525 e. The van der Waals surface area contributed by atoms with E-state index in [9.17, 15) is 0 Å². The standard InChI is InChI=1S/C22H24BFO2/c1-21(2)22(3,4)26-23(25-21)20(24)19-14-16-10-6-5-9-15(16)13-17-11-7-8-12-18(17)19/h5-12H,13-14H2,1-4H3. The van der Waals surface area contributed by atoms with Crippen molar-refractivity contribution in [2.75, 3.05) is 0 Å². The smallest absolute Gasteiger partial charge is 0.398 e. The number of hydrogen-bond donors (Lipinski definition) is 0. The van der Waals surface area contributed by atoms with Crippen molar-refractivity contribution in [1.29, 1.82) is 0 Å². The molecule has 2 aromatic rings. The summed E-state index contributed by atoms with van der Waals surface area (Å²) in [6, 6.07) is 16.3. The molecule has 0 N–H and O–H groups in total. The minimum absolute atomic E-state index is 0.312. The van der Waals surface area contributed by atoms with E-state index in [1.807, 2.05) is 58.0 Å². The Balaban J connectivity index is 1.83. The van der Waals surface area contributed by atoms with E-state index in [1.165, 1.54) is 5.56 Å². The van der Waals surface area contributed by atoms with E-state index in [2.05, 4.69) is 18.2 Å². The van der Waals surface area contributed by atoms with Gasteiger partial charge < -0.3 is 9.31 Å². The summed E-state index contributed by atoms with van der Waals surface area (Å²) in [5.41, 5.74) is 3.74. The van der Waals surface area contributed by atoms with Gasteiger partial charge in [-0.3, -0.25) is 0 Å². The van der Waals surface area contributed by atoms with Gasteiger partial charge in [0.1, 0.15) is 5.73 Å². The Hall–Kier alpha value is -1.91. The van der Waals surface area contributed by atoms with Crippen LogP contribution >= 0.6 is 0 Å². The second-order valence-electron chi connectivity index (χ2n) is 8.19. The molecule has 2 aromatic carbocycles. The van der Waals surface area contributed by atoms with Crippen LogP contribution in [0, 0.1) is 0 Å². The van der Waals surface area contributed by atoms with Crippen LogP contribution < -0.4 is 0 Å². The minimum Gasteiger partial charge on any atom is -0.398 e. The van der Waals surface area contributed by atoms with E-state index < -0.39 is 18.3 Å². The van der Waals surface area contributed by atoms with Crippen LogP contribution in [0.1, 0.15) is 49.9 Å². The van der Waals surface area contributed by atoms with Gasteiger partial charge in [0, 0.05) is 6.42 Å². The summed E-state index contributed by atoms with van der Waals surface area (Å²) >= 11 is 0. The first-order valence-electron chi connectivity index (χ1n) is 9.18. The Morgan fingerprint density at radius 3 is 1.92 bits per heavy atom. The number of allylic oxidation sites excluding steroid dienone is 1. The highest BCUT2D eigenvalue weighted by molar-refractivity contribution is 6.55. The lowest BCUT2D eigenvalue weighted by molar-refractivity contribution is 0.00578. The topological polar surface area (TPSA) is 18.5 Å². The SMILES string of the molecule is CC1(C)OB(C(F)=C2Cc3ccccc3Cc3ccccc32)OC1(C)C. The second-order valence-corrected chi connectivity index (χ2v) is 8.19. The van der Waals surface area contributed by atoms with Crippen LogP contribution in [0.15, 0.2) is 54.3 Å². The van der Waals surface area contributed by atoms with Gasteiger partial charge in [0.25, 0.3) is 0 Å². The molecule has 0 unspecified atom stereocenters. The fourth-order valence-corrected chi connectivity index (χ4v) is 3.66. The molecule has 4 rings (SSSR count). The maximum atomic E-state index is 15.7. The van der Waals surface area contributed by atoms with Crippen LogP contribution in [-0.4, -0.2) is 18.3 Å². The van der Waals surface area contributed by atoms with E-state index in [1.54, 1.807) is 0 Å². The van der Waals surface area contributed by atoms with Gasteiger partial charge in [-0.1, -0.05) is 48.5 Å². The van der Waals surface area contributed by atoms with Crippen molar-refractivity contribution >= 4 is 12.7 Å². The quantitative estimate of drug-likeness (QED) is 0.663. The van der Waals surface area contributed by atoms with E-state index in [-0.39, 0.29) is 5.73 Å². The minimum atomic E-state index is -0.965. The fraction of sp³-hybridized carbons (Fsp3) is 0.364. The first-order chi connectivity index (χ1) is 12.3. The van der Waals surface area contributed by atoms with Crippen molar-refractivity contribution in [2.45, 2.75) is 51.7 Å². The fourth-order valence-electron chi connectivity index (χ4n) is 3.66. The number of halogens is 1. The summed E-state index contributed by atoms with van der Waals surface area (Å²) in [6.45, 7) is 7.78. The van der Waals surface area contributed by atoms with Crippen LogP contribution in [0.4, 0.5) is 4.39 Å². The molecule has 0 saturated carbocycles. The molecule has 2 nitrogen and oxygen atoms in total. The van der Waals surface area contributed by atoms with Crippen LogP contribution in [0.5, 0.6) is 0 Å². The lowest BCUT2D eigenvalue weighted by Crippen LogP contribution is -2.41. The van der Waals surface area contributed by atoms with Crippen LogP contribution in [0.25, 0.3) is 5.57 Å². The van der Waals surface area contributed by atoms with Gasteiger partial charge in [0.15, 0.2) is 0 Å². The second kappa shape index (κ2) is 6.07. The Labute approximate surface area is 155 Å². The number of fused-ring (bicyclic) bond motifs is 2. The van der Waals surface area contributed by atoms with Gasteiger partial charge in [0.2, 0.25) is 0 Å². The number of benzene rings is 2. The summed E-state index contributed by atoms with van der Waals surface area (Å²) in [5, 5.41) is 0. The summed E-state index contributed by atoms with van der Waals surface area (Å²) in [6.07, 6.45) is 1.36. The predicted octanol–water partition coefficient (Wildman–Crippen LogP) is 5.15. The van der Waals surface area contributed by atoms with Crippen molar-refractivity contribution in [3.63, 3.8) is 0 Å². The zero-order valence-electron chi connectivity index (χ0n) is 15.8. The Morgan fingerprint density at radius 1 is 0.808 bits per heavy atom. The summed E-state index contributed by atoms with van der Waals surface area (Å²) in [7, 11) is -0.965. The molecule has 4 heteroatoms. The molecule has 1 aliphatic carbocycles. The van der Waals surface area contributed by atoms with Crippen molar-refractivity contribution in [2.24, 2.45) is 0 Å². The van der Waals surface area contributed by atoms with Gasteiger partial charge >= 0.3 is 7.12 Å². The molecule has 0 radical (unpaired) electrons. The molecule has 26 heavy (non-hydrogen) atoms. The highest BCUT2D eigenvalue weighted by atomic mass is 19.1. The first-order valence-corrected chi connectivity index (χ1v) is 9.18. The largest absolute Gasteiger partial charge is 0.525 e. The molecule has 1 saturated heterocycles. The summed E-state index contributed by atoms with van der Waals surface area (Å²) in [5.74, 6) is 0. The highest BCUT2D eigenvalue weighted by Crippen LogP contribution is 2.42. The molecule has 0 aromatic heterocycles. The molecule has 134 valence electrons. The summed E-state index contributed by atoms with van der Waals surface area (Å²) in [4.78, 5) is 0. The van der Waals surface area contributed by atoms with E-state index in [4.69, 9.17) is 9.31 Å². The Bertz CT molecular complexity index is 869. The molecule has 1 fully saturated rings. The third-order valence-corrected chi connectivity index (χ3v) is 5.96. The number of hydrogen-bond acceptors (Lipinski definition) is 2. The van der Waals surface area contributed by atoms with Crippen LogP contribution in [0.3, 0.4) is 0 Å². The molecule has 0 spiro atoms. The van der Waals surface area contributed by atoms with E-state index in [0.717, 1.165) is 23.1 Å². The van der Waals surface area contributed by atoms with Crippen molar-refractivity contribution < 1.29 is 13.7 Å². The third kappa shape index (κ3) is 2.82. The zero-order chi connectivity index (χ0) is 18.5. The Morgan fingerprint density at radius 2 is 1.31 bits per heavy atom. The lowest BCUT2D eigenvalue weighted by Gasteiger charge is -2.32. The molecule has 1 aliphatic heterocycles. The number of rotatable bonds is 1. The monoisotopic (exact) mass is 350 g/mol. The predicted molar refractivity (Wildman–Crippen MR) is 104 cm³/mol. The molecule has 2 aliphatic rings. The van der Waals surface area contributed by atoms with E-state index in [0.29, 0.717) is 12.0 Å². The highest BCUT2D eigenvalue weighted by Gasteiger charge is 2.53. The van der Waals surface area contributed by atoms with Crippen LogP contribution in [0.2, 0.25) is 0 Å². The van der Waals surface area contributed by atoms with E-state index >= 15 is 4.39 Å². The molecule has 1 heterocycles. The Kier molecular flexibility index (Phi) is 4.09. The van der Waals surface area contributed by atoms with Gasteiger partial charge in [-0.15, -0.1) is 0 Å². The molecule has 0 amide bonds. The average molecular weight is 350 g/mol. The lowest BCUT2D eigenvalue weighted by atomic mass is 9.80. The molecule has 0 bridgehead atoms. The van der Waals surface area contributed by atoms with Crippen molar-refractivity contribution in [3.8, 4) is 0 Å². The molecular weight excluding hydrogens is 326 g/mol. The third-order valence-electron chi connectivity index (χ3n) is 5.96. The molecular formula is C22H24BFO2. The maximum absolute atomic E-state index is 15.7. The normalized spacial score (nSPS) is 22.4. The first kappa shape index (κ1) is 17.5. The van der Waals surface area contributed by atoms with Crippen LogP contribution in [-0.2, 0) is 22.2 Å².